The summed E-state index contributed by atoms with van der Waals surface area (Å²) in [6.07, 6.45) is 3.24. The van der Waals surface area contributed by atoms with Crippen molar-refractivity contribution in [3.63, 3.8) is 0 Å². The van der Waals surface area contributed by atoms with Gasteiger partial charge in [-0.1, -0.05) is 0 Å². The van der Waals surface area contributed by atoms with Crippen molar-refractivity contribution in [1.29, 1.82) is 0 Å². The first-order valence-corrected chi connectivity index (χ1v) is 3.71. The van der Waals surface area contributed by atoms with Gasteiger partial charge < -0.3 is 4.57 Å². The summed E-state index contributed by atoms with van der Waals surface area (Å²) in [5.74, 6) is 0. The Bertz CT molecular complexity index is 456. The van der Waals surface area contributed by atoms with E-state index in [1.54, 1.807) is 12.5 Å². The second-order valence-electron chi connectivity index (χ2n) is 2.46. The number of nitrogens with one attached hydrogen (secondary N) is 1. The first kappa shape index (κ1) is 7.02. The predicted molar refractivity (Wildman–Crippen MR) is 43.8 cm³/mol. The standard InChI is InChI=1S/C7H8N4O/c1-2-11-4-8-6-5(11)3-9-10-7(6)12/h3-4H,2H2,1H3,(H,10,12). The van der Waals surface area contributed by atoms with E-state index in [1.807, 2.05) is 11.5 Å². The molecule has 0 bridgehead atoms. The van der Waals surface area contributed by atoms with E-state index in [0.717, 1.165) is 12.1 Å². The Kier molecular flexibility index (Phi) is 1.43. The van der Waals surface area contributed by atoms with Crippen LogP contribution in [-0.2, 0) is 6.54 Å². The van der Waals surface area contributed by atoms with Crippen LogP contribution in [0, 0.1) is 0 Å². The maximum absolute atomic E-state index is 11.1. The molecule has 0 spiro atoms. The summed E-state index contributed by atoms with van der Waals surface area (Å²) in [7, 11) is 0. The third kappa shape index (κ3) is 0.827. The smallest absolute Gasteiger partial charge is 0.292 e. The molecular weight excluding hydrogens is 156 g/mol. The third-order valence-electron chi connectivity index (χ3n) is 1.79. The lowest BCUT2D eigenvalue weighted by Crippen LogP contribution is -2.07. The van der Waals surface area contributed by atoms with Crippen LogP contribution in [0.15, 0.2) is 17.3 Å². The molecule has 5 nitrogen and oxygen atoms in total. The molecule has 62 valence electrons. The zero-order valence-electron chi connectivity index (χ0n) is 6.61. The topological polar surface area (TPSA) is 63.6 Å². The predicted octanol–water partition coefficient (Wildman–Crippen LogP) is 0.139. The van der Waals surface area contributed by atoms with Crippen molar-refractivity contribution in [3.8, 4) is 0 Å². The molecular formula is C7H8N4O. The number of hydrogen-bond donors (Lipinski definition) is 1. The number of aromatic nitrogens is 4. The largest absolute Gasteiger partial charge is 0.329 e. The molecule has 0 saturated heterocycles. The fourth-order valence-electron chi connectivity index (χ4n) is 1.16. The normalized spacial score (nSPS) is 10.8. The van der Waals surface area contributed by atoms with Crippen LogP contribution in [0.1, 0.15) is 6.92 Å². The summed E-state index contributed by atoms with van der Waals surface area (Å²) in [6.45, 7) is 2.78. The molecule has 1 N–H and O–H groups in total. The lowest BCUT2D eigenvalue weighted by molar-refractivity contribution is 0.784. The van der Waals surface area contributed by atoms with E-state index in [9.17, 15) is 4.79 Å². The second-order valence-corrected chi connectivity index (χ2v) is 2.46. The molecule has 12 heavy (non-hydrogen) atoms. The molecule has 0 aliphatic carbocycles. The van der Waals surface area contributed by atoms with Crippen molar-refractivity contribution in [2.45, 2.75) is 13.5 Å². The zero-order chi connectivity index (χ0) is 8.55. The molecule has 5 heteroatoms. The van der Waals surface area contributed by atoms with Crippen molar-refractivity contribution >= 4 is 11.0 Å². The molecule has 0 amide bonds. The highest BCUT2D eigenvalue weighted by Gasteiger charge is 2.03. The molecule has 0 aliphatic heterocycles. The molecule has 0 aromatic carbocycles. The van der Waals surface area contributed by atoms with Gasteiger partial charge in [-0.3, -0.25) is 4.79 Å². The Morgan fingerprint density at radius 1 is 1.67 bits per heavy atom. The van der Waals surface area contributed by atoms with Crippen LogP contribution in [0.5, 0.6) is 0 Å². The number of imidazole rings is 1. The van der Waals surface area contributed by atoms with Crippen LogP contribution in [0.4, 0.5) is 0 Å². The molecule has 0 aliphatic rings. The maximum atomic E-state index is 11.1. The van der Waals surface area contributed by atoms with Gasteiger partial charge >= 0.3 is 0 Å². The summed E-state index contributed by atoms with van der Waals surface area (Å²) in [4.78, 5) is 15.1. The average molecular weight is 164 g/mol. The quantitative estimate of drug-likeness (QED) is 0.652. The van der Waals surface area contributed by atoms with Gasteiger partial charge in [-0.05, 0) is 6.92 Å². The average Bonchev–Trinajstić information content (AvgIpc) is 2.49. The number of aryl methyl sites for hydroxylation is 1. The van der Waals surface area contributed by atoms with Crippen LogP contribution in [0.25, 0.3) is 11.0 Å². The van der Waals surface area contributed by atoms with E-state index in [0.29, 0.717) is 5.52 Å². The number of rotatable bonds is 1. The maximum Gasteiger partial charge on any atom is 0.292 e. The minimum absolute atomic E-state index is 0.236. The van der Waals surface area contributed by atoms with E-state index in [4.69, 9.17) is 0 Å². The molecule has 2 heterocycles. The van der Waals surface area contributed by atoms with Crippen molar-refractivity contribution in [2.24, 2.45) is 0 Å². The van der Waals surface area contributed by atoms with Gasteiger partial charge in [0.05, 0.1) is 18.0 Å². The highest BCUT2D eigenvalue weighted by molar-refractivity contribution is 5.72. The van der Waals surface area contributed by atoms with Crippen molar-refractivity contribution in [3.05, 3.63) is 22.9 Å². The van der Waals surface area contributed by atoms with Crippen molar-refractivity contribution in [1.82, 2.24) is 19.7 Å². The van der Waals surface area contributed by atoms with Gasteiger partial charge in [0, 0.05) is 6.54 Å². The summed E-state index contributed by atoms with van der Waals surface area (Å²) >= 11 is 0. The number of H-pyrrole nitrogens is 1. The van der Waals surface area contributed by atoms with E-state index >= 15 is 0 Å². The molecule has 2 aromatic heterocycles. The highest BCUT2D eigenvalue weighted by atomic mass is 16.1. The van der Waals surface area contributed by atoms with Gasteiger partial charge in [0.1, 0.15) is 0 Å². The monoisotopic (exact) mass is 164 g/mol. The SMILES string of the molecule is CCn1cnc2c(=O)[nH]ncc21. The summed E-state index contributed by atoms with van der Waals surface area (Å²) < 4.78 is 1.87. The first-order valence-electron chi connectivity index (χ1n) is 3.71. The Morgan fingerprint density at radius 3 is 3.25 bits per heavy atom. The van der Waals surface area contributed by atoms with Crippen molar-refractivity contribution < 1.29 is 0 Å². The molecule has 0 fully saturated rings. The molecule has 0 unspecified atom stereocenters. The Morgan fingerprint density at radius 2 is 2.50 bits per heavy atom. The first-order chi connectivity index (χ1) is 5.83. The number of hydrogen-bond acceptors (Lipinski definition) is 3. The molecule has 2 rings (SSSR count). The van der Waals surface area contributed by atoms with Crippen LogP contribution in [-0.4, -0.2) is 19.7 Å². The van der Waals surface area contributed by atoms with Crippen molar-refractivity contribution in [2.75, 3.05) is 0 Å². The number of fused-ring (bicyclic) bond motifs is 1. The molecule has 0 atom stereocenters. The summed E-state index contributed by atoms with van der Waals surface area (Å²) in [6, 6.07) is 0. The van der Waals surface area contributed by atoms with Crippen LogP contribution in [0.3, 0.4) is 0 Å². The second kappa shape index (κ2) is 2.44. The molecule has 2 aromatic rings. The van der Waals surface area contributed by atoms with E-state index in [1.165, 1.54) is 0 Å². The minimum atomic E-state index is -0.236. The fraction of sp³-hybridized carbons (Fsp3) is 0.286. The Labute approximate surface area is 68.1 Å². The van der Waals surface area contributed by atoms with Gasteiger partial charge in [-0.2, -0.15) is 5.10 Å². The van der Waals surface area contributed by atoms with Crippen LogP contribution in [0.2, 0.25) is 0 Å². The van der Waals surface area contributed by atoms with Gasteiger partial charge in [-0.15, -0.1) is 0 Å². The lowest BCUT2D eigenvalue weighted by Gasteiger charge is -1.95. The van der Waals surface area contributed by atoms with E-state index in [-0.39, 0.29) is 5.56 Å². The summed E-state index contributed by atoms with van der Waals surface area (Å²) in [5, 5.41) is 6.03. The highest BCUT2D eigenvalue weighted by Crippen LogP contribution is 2.04. The van der Waals surface area contributed by atoms with Gasteiger partial charge in [0.25, 0.3) is 5.56 Å². The molecule has 0 saturated carbocycles. The Balaban J connectivity index is 2.89. The van der Waals surface area contributed by atoms with Crippen LogP contribution < -0.4 is 5.56 Å². The minimum Gasteiger partial charge on any atom is -0.329 e. The lowest BCUT2D eigenvalue weighted by atomic mass is 10.4. The van der Waals surface area contributed by atoms with Crippen LogP contribution >= 0.6 is 0 Å². The molecule has 0 radical (unpaired) electrons. The van der Waals surface area contributed by atoms with Gasteiger partial charge in [-0.25, -0.2) is 10.1 Å². The third-order valence-corrected chi connectivity index (χ3v) is 1.79. The van der Waals surface area contributed by atoms with E-state index < -0.39 is 0 Å². The number of aromatic amines is 1. The summed E-state index contributed by atoms with van der Waals surface area (Å²) in [5.41, 5.74) is 0.993. The fourth-order valence-corrected chi connectivity index (χ4v) is 1.16. The zero-order valence-corrected chi connectivity index (χ0v) is 6.61. The van der Waals surface area contributed by atoms with Gasteiger partial charge in [0.2, 0.25) is 0 Å². The Hall–Kier alpha value is -1.65. The van der Waals surface area contributed by atoms with Gasteiger partial charge in [0.15, 0.2) is 5.52 Å². The number of nitrogens with zero attached hydrogens (tertiary/aromatic N) is 3. The van der Waals surface area contributed by atoms with E-state index in [2.05, 4.69) is 15.2 Å².